The van der Waals surface area contributed by atoms with E-state index < -0.39 is 8.25 Å². The van der Waals surface area contributed by atoms with Gasteiger partial charge in [-0.1, -0.05) is 0 Å². The second-order valence-corrected chi connectivity index (χ2v) is 2.38. The summed E-state index contributed by atoms with van der Waals surface area (Å²) >= 11 is 5.21. The van der Waals surface area contributed by atoms with Gasteiger partial charge in [-0.25, -0.2) is 0 Å². The van der Waals surface area contributed by atoms with Crippen molar-refractivity contribution in [1.29, 1.82) is 0 Å². The minimum atomic E-state index is -3.03. The Hall–Kier alpha value is 1.44. The third-order valence-corrected chi connectivity index (χ3v) is 1.54. The van der Waals surface area contributed by atoms with Gasteiger partial charge in [-0.15, -0.1) is 11.6 Å². The molecule has 2 atom stereocenters. The summed E-state index contributed by atoms with van der Waals surface area (Å²) in [4.78, 5) is 9.76. The molecular formula is C3H7ClNaO3P. The summed E-state index contributed by atoms with van der Waals surface area (Å²) in [5.74, 6) is 0.207. The van der Waals surface area contributed by atoms with Crippen molar-refractivity contribution in [2.75, 3.05) is 5.88 Å². The van der Waals surface area contributed by atoms with E-state index in [9.17, 15) is 9.46 Å². The normalized spacial score (nSPS) is 15.9. The molecule has 0 aliphatic heterocycles. The summed E-state index contributed by atoms with van der Waals surface area (Å²) in [6, 6.07) is 0. The minimum absolute atomic E-state index is 0. The number of hydrogen-bond donors (Lipinski definition) is 0. The molecule has 9 heavy (non-hydrogen) atoms. The van der Waals surface area contributed by atoms with Crippen LogP contribution in [0.25, 0.3) is 0 Å². The van der Waals surface area contributed by atoms with E-state index in [1.54, 1.807) is 6.92 Å². The van der Waals surface area contributed by atoms with E-state index >= 15 is 0 Å². The monoisotopic (exact) mass is 180 g/mol. The molecule has 0 radical (unpaired) electrons. The van der Waals surface area contributed by atoms with Crippen LogP contribution in [0.1, 0.15) is 6.92 Å². The van der Waals surface area contributed by atoms with Crippen molar-refractivity contribution < 1.29 is 43.5 Å². The predicted octanol–water partition coefficient (Wildman–Crippen LogP) is -2.62. The van der Waals surface area contributed by atoms with E-state index in [0.717, 1.165) is 0 Å². The van der Waals surface area contributed by atoms with Crippen molar-refractivity contribution in [2.45, 2.75) is 13.0 Å². The first-order valence-corrected chi connectivity index (χ1v) is 3.86. The molecule has 0 aromatic heterocycles. The number of alkyl halides is 1. The van der Waals surface area contributed by atoms with E-state index in [2.05, 4.69) is 4.52 Å². The molecule has 0 rings (SSSR count). The van der Waals surface area contributed by atoms with Crippen LogP contribution in [-0.2, 0) is 9.09 Å². The molecule has 0 saturated carbocycles. The van der Waals surface area contributed by atoms with Crippen molar-refractivity contribution >= 4 is 19.9 Å². The van der Waals surface area contributed by atoms with Crippen LogP contribution in [0.2, 0.25) is 0 Å². The van der Waals surface area contributed by atoms with Gasteiger partial charge in [0.05, 0.1) is 6.10 Å². The van der Waals surface area contributed by atoms with Gasteiger partial charge >= 0.3 is 29.6 Å². The minimum Gasteiger partial charge on any atom is -0.781 e. The van der Waals surface area contributed by atoms with Gasteiger partial charge in [0, 0.05) is 5.88 Å². The van der Waals surface area contributed by atoms with Gasteiger partial charge in [-0.2, -0.15) is 0 Å². The quantitative estimate of drug-likeness (QED) is 0.272. The molecule has 0 heterocycles. The number of halogens is 1. The first kappa shape index (κ1) is 13.1. The molecule has 6 heteroatoms. The zero-order valence-electron chi connectivity index (χ0n) is 5.39. The summed E-state index contributed by atoms with van der Waals surface area (Å²) in [7, 11) is -3.03. The number of hydrogen-bond acceptors (Lipinski definition) is 3. The van der Waals surface area contributed by atoms with E-state index in [4.69, 9.17) is 11.6 Å². The largest absolute Gasteiger partial charge is 1.00 e. The maximum absolute atomic E-state index is 9.76. The average Bonchev–Trinajstić information content (AvgIpc) is 1.65. The standard InChI is InChI=1S/C3H8ClO3P.Na/c1-3(2-4)7-8(5)6;/h3,8H,2H2,1H3,(H,5,6);/q;+1/p-1. The molecular weight excluding hydrogens is 173 g/mol. The van der Waals surface area contributed by atoms with Crippen LogP contribution in [0.4, 0.5) is 0 Å². The van der Waals surface area contributed by atoms with Gasteiger partial charge in [-0.3, -0.25) is 0 Å². The first-order valence-electron chi connectivity index (χ1n) is 2.10. The fraction of sp³-hybridized carbons (Fsp3) is 1.00. The third kappa shape index (κ3) is 9.44. The van der Waals surface area contributed by atoms with Crippen molar-refractivity contribution in [2.24, 2.45) is 0 Å². The van der Waals surface area contributed by atoms with Crippen LogP contribution < -0.4 is 34.5 Å². The third-order valence-electron chi connectivity index (χ3n) is 0.515. The molecule has 0 spiro atoms. The molecule has 0 fully saturated rings. The Kier molecular flexibility index (Phi) is 11.0. The Morgan fingerprint density at radius 1 is 1.89 bits per heavy atom. The Morgan fingerprint density at radius 3 is 2.44 bits per heavy atom. The molecule has 50 valence electrons. The van der Waals surface area contributed by atoms with Gasteiger partial charge in [0.2, 0.25) is 0 Å². The summed E-state index contributed by atoms with van der Waals surface area (Å²) in [6.07, 6.45) is -0.388. The van der Waals surface area contributed by atoms with Crippen LogP contribution >= 0.6 is 19.9 Å². The fourth-order valence-corrected chi connectivity index (χ4v) is 0.776. The summed E-state index contributed by atoms with van der Waals surface area (Å²) < 4.78 is 14.0. The Morgan fingerprint density at radius 2 is 2.33 bits per heavy atom. The van der Waals surface area contributed by atoms with Crippen LogP contribution in [0.3, 0.4) is 0 Å². The molecule has 0 aromatic rings. The Labute approximate surface area is 82.0 Å². The molecule has 0 saturated heterocycles. The van der Waals surface area contributed by atoms with E-state index in [1.807, 2.05) is 0 Å². The molecule has 0 aliphatic rings. The number of rotatable bonds is 3. The van der Waals surface area contributed by atoms with Crippen molar-refractivity contribution in [3.05, 3.63) is 0 Å². The van der Waals surface area contributed by atoms with Crippen LogP contribution in [0, 0.1) is 0 Å². The Bertz CT molecular complexity index is 91.1. The smallest absolute Gasteiger partial charge is 0.781 e. The first-order chi connectivity index (χ1) is 3.66. The second kappa shape index (κ2) is 7.55. The Balaban J connectivity index is 0. The van der Waals surface area contributed by atoms with E-state index in [1.165, 1.54) is 0 Å². The maximum atomic E-state index is 9.76. The molecule has 0 aliphatic carbocycles. The maximum Gasteiger partial charge on any atom is 1.00 e. The van der Waals surface area contributed by atoms with Crippen molar-refractivity contribution in [3.8, 4) is 0 Å². The predicted molar refractivity (Wildman–Crippen MR) is 30.3 cm³/mol. The molecule has 0 N–H and O–H groups in total. The average molecular weight is 181 g/mol. The van der Waals surface area contributed by atoms with Crippen LogP contribution in [0.5, 0.6) is 0 Å². The molecule has 0 aromatic carbocycles. The summed E-state index contributed by atoms with van der Waals surface area (Å²) in [5, 5.41) is 0. The van der Waals surface area contributed by atoms with Crippen molar-refractivity contribution in [1.82, 2.24) is 0 Å². The van der Waals surface area contributed by atoms with Gasteiger partial charge in [0.25, 0.3) is 0 Å². The molecule has 2 unspecified atom stereocenters. The van der Waals surface area contributed by atoms with Crippen molar-refractivity contribution in [3.63, 3.8) is 0 Å². The van der Waals surface area contributed by atoms with Gasteiger partial charge in [-0.05, 0) is 6.92 Å². The van der Waals surface area contributed by atoms with Gasteiger partial charge < -0.3 is 14.0 Å². The zero-order valence-corrected chi connectivity index (χ0v) is 9.14. The van der Waals surface area contributed by atoms with Crippen LogP contribution in [0.15, 0.2) is 0 Å². The van der Waals surface area contributed by atoms with E-state index in [-0.39, 0.29) is 41.5 Å². The van der Waals surface area contributed by atoms with E-state index in [0.29, 0.717) is 0 Å². The van der Waals surface area contributed by atoms with Gasteiger partial charge in [0.1, 0.15) is 8.25 Å². The molecule has 3 nitrogen and oxygen atoms in total. The molecule has 0 bridgehead atoms. The molecule has 0 amide bonds. The fourth-order valence-electron chi connectivity index (χ4n) is 0.196. The zero-order chi connectivity index (χ0) is 6.57. The SMILES string of the molecule is CC(CCl)O[PH](=O)[O-].[Na+]. The van der Waals surface area contributed by atoms with Gasteiger partial charge in [0.15, 0.2) is 0 Å². The topological polar surface area (TPSA) is 49.4 Å². The second-order valence-electron chi connectivity index (χ2n) is 1.33. The summed E-state index contributed by atoms with van der Waals surface area (Å²) in [5.41, 5.74) is 0. The van der Waals surface area contributed by atoms with Crippen LogP contribution in [-0.4, -0.2) is 12.0 Å². The summed E-state index contributed by atoms with van der Waals surface area (Å²) in [6.45, 7) is 1.59.